The maximum absolute atomic E-state index is 15.4. The first kappa shape index (κ1) is 24.6. The van der Waals surface area contributed by atoms with Gasteiger partial charge in [-0.15, -0.1) is 0 Å². The summed E-state index contributed by atoms with van der Waals surface area (Å²) in [6, 6.07) is 7.86. The molecule has 1 spiro atoms. The van der Waals surface area contributed by atoms with Gasteiger partial charge >= 0.3 is 0 Å². The Bertz CT molecular complexity index is 1360. The molecule has 1 atom stereocenters. The van der Waals surface area contributed by atoms with E-state index in [1.165, 1.54) is 31.5 Å². The predicted octanol–water partition coefficient (Wildman–Crippen LogP) is 7.77. The van der Waals surface area contributed by atoms with E-state index in [1.54, 1.807) is 13.0 Å². The van der Waals surface area contributed by atoms with Gasteiger partial charge in [0.05, 0.1) is 17.1 Å². The van der Waals surface area contributed by atoms with Gasteiger partial charge in [-0.05, 0) is 44.4 Å². The second-order valence-corrected chi connectivity index (χ2v) is 10.7. The molecule has 0 unspecified atom stereocenters. The number of benzene rings is 2. The summed E-state index contributed by atoms with van der Waals surface area (Å²) >= 11 is 0. The first-order chi connectivity index (χ1) is 17.0. The number of anilines is 2. The van der Waals surface area contributed by atoms with Crippen molar-refractivity contribution in [2.75, 3.05) is 17.3 Å². The monoisotopic (exact) mass is 494 g/mol. The Labute approximate surface area is 210 Å². The maximum atomic E-state index is 15.4. The summed E-state index contributed by atoms with van der Waals surface area (Å²) in [6.45, 7) is 10.8. The van der Waals surface area contributed by atoms with Gasteiger partial charge in [0, 0.05) is 40.7 Å². The molecule has 0 bridgehead atoms. The SMILES string of the molecule is C=C1N(C)c2cc3nc(C)nc(N[C@H](C)c4cccc(C(F)(F)C(C)C)c4F)c3cc2C12CCCC2. The van der Waals surface area contributed by atoms with Gasteiger partial charge in [0.15, 0.2) is 0 Å². The van der Waals surface area contributed by atoms with Gasteiger partial charge in [0.1, 0.15) is 17.5 Å². The standard InChI is InChI=1S/C29H33F3N4/c1-16(2)29(31,32)22-11-9-10-20(26(22)30)17(3)33-27-21-14-23-25(15-24(21)34-19(5)35-27)36(6)18(4)28(23)12-7-8-13-28/h9-11,14-17H,4,7-8,12-13H2,1-3,5-6H3,(H,33,34,35)/t17-/m1/s1. The number of likely N-dealkylation sites (N-methyl/N-ethyl adjacent to an activating group) is 1. The van der Waals surface area contributed by atoms with Gasteiger partial charge in [-0.3, -0.25) is 0 Å². The Morgan fingerprint density at radius 1 is 1.11 bits per heavy atom. The number of aromatic nitrogens is 2. The molecule has 3 aromatic rings. The quantitative estimate of drug-likeness (QED) is 0.393. The average Bonchev–Trinajstić information content (AvgIpc) is 3.39. The molecule has 1 aromatic heterocycles. The Morgan fingerprint density at radius 2 is 1.81 bits per heavy atom. The summed E-state index contributed by atoms with van der Waals surface area (Å²) in [5.74, 6) is -4.01. The molecule has 0 amide bonds. The number of hydrogen-bond acceptors (Lipinski definition) is 4. The molecule has 1 saturated carbocycles. The van der Waals surface area contributed by atoms with Gasteiger partial charge in [-0.2, -0.15) is 0 Å². The average molecular weight is 495 g/mol. The fraction of sp³-hybridized carbons (Fsp3) is 0.448. The number of nitrogens with one attached hydrogen (secondary N) is 1. The molecule has 1 aliphatic carbocycles. The lowest BCUT2D eigenvalue weighted by molar-refractivity contribution is -0.0545. The minimum absolute atomic E-state index is 0.0745. The summed E-state index contributed by atoms with van der Waals surface area (Å²) in [4.78, 5) is 11.5. The second kappa shape index (κ2) is 8.49. The fourth-order valence-corrected chi connectivity index (χ4v) is 5.95. The first-order valence-electron chi connectivity index (χ1n) is 12.7. The highest BCUT2D eigenvalue weighted by molar-refractivity contribution is 5.95. The third-order valence-corrected chi connectivity index (χ3v) is 8.15. The molecule has 1 aliphatic heterocycles. The zero-order chi connectivity index (χ0) is 26.0. The van der Waals surface area contributed by atoms with Crippen molar-refractivity contribution in [2.45, 2.75) is 70.8 Å². The Kier molecular flexibility index (Phi) is 5.80. The molecule has 2 aromatic carbocycles. The highest BCUT2D eigenvalue weighted by Crippen LogP contribution is 2.56. The molecule has 2 aliphatic rings. The van der Waals surface area contributed by atoms with E-state index in [2.05, 4.69) is 45.9 Å². The van der Waals surface area contributed by atoms with Crippen LogP contribution in [0.1, 0.15) is 75.0 Å². The van der Waals surface area contributed by atoms with Crippen molar-refractivity contribution >= 4 is 22.4 Å². The summed E-state index contributed by atoms with van der Waals surface area (Å²) in [6.07, 6.45) is 4.44. The third-order valence-electron chi connectivity index (χ3n) is 8.15. The normalized spacial score (nSPS) is 17.9. The first-order valence-corrected chi connectivity index (χ1v) is 12.7. The lowest BCUT2D eigenvalue weighted by Crippen LogP contribution is -2.25. The van der Waals surface area contributed by atoms with Crippen molar-refractivity contribution in [2.24, 2.45) is 5.92 Å². The zero-order valence-corrected chi connectivity index (χ0v) is 21.6. The number of rotatable bonds is 5. The number of halogens is 3. The topological polar surface area (TPSA) is 41.1 Å². The van der Waals surface area contributed by atoms with Gasteiger partial charge in [-0.1, -0.05) is 51.5 Å². The Hall–Kier alpha value is -3.09. The van der Waals surface area contributed by atoms with E-state index in [-0.39, 0.29) is 11.0 Å². The summed E-state index contributed by atoms with van der Waals surface area (Å²) in [5.41, 5.74) is 3.77. The van der Waals surface area contributed by atoms with Crippen LogP contribution in [0.5, 0.6) is 0 Å². The van der Waals surface area contributed by atoms with Crippen LogP contribution >= 0.6 is 0 Å². The molecule has 2 heterocycles. The molecule has 36 heavy (non-hydrogen) atoms. The van der Waals surface area contributed by atoms with Crippen molar-refractivity contribution in [1.29, 1.82) is 0 Å². The van der Waals surface area contributed by atoms with E-state index >= 15 is 4.39 Å². The van der Waals surface area contributed by atoms with Crippen LogP contribution in [0, 0.1) is 18.7 Å². The van der Waals surface area contributed by atoms with Crippen molar-refractivity contribution < 1.29 is 13.2 Å². The summed E-state index contributed by atoms with van der Waals surface area (Å²) in [7, 11) is 2.05. The van der Waals surface area contributed by atoms with Gasteiger partial charge in [0.25, 0.3) is 5.92 Å². The molecule has 0 saturated heterocycles. The molecule has 4 nitrogen and oxygen atoms in total. The minimum atomic E-state index is -3.26. The van der Waals surface area contributed by atoms with Crippen LogP contribution in [0.15, 0.2) is 42.6 Å². The van der Waals surface area contributed by atoms with Crippen molar-refractivity contribution in [3.8, 4) is 0 Å². The number of alkyl halides is 2. The number of fused-ring (bicyclic) bond motifs is 3. The van der Waals surface area contributed by atoms with Crippen LogP contribution in [0.4, 0.5) is 24.7 Å². The lowest BCUT2D eigenvalue weighted by atomic mass is 9.78. The molecule has 7 heteroatoms. The van der Waals surface area contributed by atoms with Crippen molar-refractivity contribution in [1.82, 2.24) is 9.97 Å². The number of allylic oxidation sites excluding steroid dienone is 1. The summed E-state index contributed by atoms with van der Waals surface area (Å²) < 4.78 is 44.8. The smallest absolute Gasteiger partial charge is 0.278 e. The molecule has 1 fully saturated rings. The van der Waals surface area contributed by atoms with Gasteiger partial charge in [-0.25, -0.2) is 23.1 Å². The van der Waals surface area contributed by atoms with E-state index in [0.717, 1.165) is 48.0 Å². The predicted molar refractivity (Wildman–Crippen MR) is 139 cm³/mol. The van der Waals surface area contributed by atoms with Crippen LogP contribution < -0.4 is 10.2 Å². The van der Waals surface area contributed by atoms with Crippen LogP contribution in [0.2, 0.25) is 0 Å². The summed E-state index contributed by atoms with van der Waals surface area (Å²) in [5, 5.41) is 4.15. The van der Waals surface area contributed by atoms with Crippen LogP contribution in [-0.4, -0.2) is 17.0 Å². The fourth-order valence-electron chi connectivity index (χ4n) is 5.95. The largest absolute Gasteiger partial charge is 0.363 e. The highest BCUT2D eigenvalue weighted by atomic mass is 19.3. The molecular formula is C29H33F3N4. The Morgan fingerprint density at radius 3 is 2.47 bits per heavy atom. The molecule has 5 rings (SSSR count). The lowest BCUT2D eigenvalue weighted by Gasteiger charge is -2.27. The van der Waals surface area contributed by atoms with Crippen LogP contribution in [0.3, 0.4) is 0 Å². The number of aryl methyl sites for hydroxylation is 1. The van der Waals surface area contributed by atoms with Gasteiger partial charge < -0.3 is 10.2 Å². The molecular weight excluding hydrogens is 461 g/mol. The third kappa shape index (κ3) is 3.58. The minimum Gasteiger partial charge on any atom is -0.363 e. The van der Waals surface area contributed by atoms with Crippen LogP contribution in [-0.2, 0) is 11.3 Å². The van der Waals surface area contributed by atoms with E-state index in [1.807, 2.05) is 6.92 Å². The maximum Gasteiger partial charge on any atom is 0.278 e. The molecule has 190 valence electrons. The van der Waals surface area contributed by atoms with Crippen molar-refractivity contribution in [3.63, 3.8) is 0 Å². The molecule has 0 radical (unpaired) electrons. The highest BCUT2D eigenvalue weighted by Gasteiger charge is 2.47. The zero-order valence-electron chi connectivity index (χ0n) is 21.6. The van der Waals surface area contributed by atoms with E-state index in [4.69, 9.17) is 0 Å². The second-order valence-electron chi connectivity index (χ2n) is 10.7. The van der Waals surface area contributed by atoms with Gasteiger partial charge in [0.2, 0.25) is 0 Å². The van der Waals surface area contributed by atoms with E-state index in [9.17, 15) is 8.78 Å². The van der Waals surface area contributed by atoms with E-state index in [0.29, 0.717) is 11.6 Å². The molecule has 1 N–H and O–H groups in total. The van der Waals surface area contributed by atoms with Crippen molar-refractivity contribution in [3.05, 3.63) is 70.9 Å². The number of hydrogen-bond donors (Lipinski definition) is 1. The number of nitrogens with zero attached hydrogens (tertiary/aromatic N) is 3. The Balaban J connectivity index is 1.59. The van der Waals surface area contributed by atoms with E-state index < -0.39 is 29.3 Å². The van der Waals surface area contributed by atoms with Crippen LogP contribution in [0.25, 0.3) is 10.9 Å².